The molecule has 0 amide bonds. The first-order chi connectivity index (χ1) is 16.0. The van der Waals surface area contributed by atoms with Gasteiger partial charge in [-0.25, -0.2) is 17.6 Å². The van der Waals surface area contributed by atoms with Crippen LogP contribution in [0.3, 0.4) is 0 Å². The Hall–Kier alpha value is -2.52. The fourth-order valence-corrected chi connectivity index (χ4v) is 4.24. The van der Waals surface area contributed by atoms with Gasteiger partial charge in [-0.3, -0.25) is 0 Å². The standard InChI is InChI=1S/C25H24F6O3/c1-13-11-32-24(33-12-13)16-5-3-15(4-6-16)17-8-19(26)22(20(27)9-17)25(30,31)34-18-7-14(2)23(29)21(28)10-18/h3,7-10,13,16,24H,4-6,11-12H2,1-2H3. The Morgan fingerprint density at radius 2 is 1.59 bits per heavy atom. The molecular formula is C25H24F6O3. The summed E-state index contributed by atoms with van der Waals surface area (Å²) in [5, 5.41) is 0. The second-order valence-corrected chi connectivity index (χ2v) is 8.87. The Labute approximate surface area is 193 Å². The SMILES string of the molecule is Cc1cc(OC(F)(F)c2c(F)cc(C3=CCC(C4OCC(C)CO4)CC3)cc2F)cc(F)c1F. The predicted octanol–water partition coefficient (Wildman–Crippen LogP) is 6.87. The number of halogens is 6. The van der Waals surface area contributed by atoms with Gasteiger partial charge in [-0.15, -0.1) is 0 Å². The second kappa shape index (κ2) is 9.62. The maximum Gasteiger partial charge on any atom is 0.432 e. The van der Waals surface area contributed by atoms with Crippen molar-refractivity contribution in [2.45, 2.75) is 45.5 Å². The first kappa shape index (κ1) is 24.6. The number of hydrogen-bond donors (Lipinski definition) is 0. The zero-order chi connectivity index (χ0) is 24.6. The van der Waals surface area contributed by atoms with Gasteiger partial charge >= 0.3 is 6.11 Å². The smallest absolute Gasteiger partial charge is 0.429 e. The molecule has 34 heavy (non-hydrogen) atoms. The van der Waals surface area contributed by atoms with Crippen LogP contribution in [-0.4, -0.2) is 19.5 Å². The second-order valence-electron chi connectivity index (χ2n) is 8.87. The molecule has 1 heterocycles. The van der Waals surface area contributed by atoms with Crippen LogP contribution in [0.2, 0.25) is 0 Å². The maximum absolute atomic E-state index is 14.7. The van der Waals surface area contributed by atoms with Crippen LogP contribution in [0, 0.1) is 42.0 Å². The molecule has 0 bridgehead atoms. The van der Waals surface area contributed by atoms with Crippen LogP contribution < -0.4 is 4.74 Å². The molecule has 0 saturated carbocycles. The van der Waals surface area contributed by atoms with Gasteiger partial charge in [0.15, 0.2) is 17.9 Å². The quantitative estimate of drug-likeness (QED) is 0.432. The lowest BCUT2D eigenvalue weighted by Gasteiger charge is -2.34. The van der Waals surface area contributed by atoms with Gasteiger partial charge in [-0.2, -0.15) is 8.78 Å². The van der Waals surface area contributed by atoms with Crippen molar-refractivity contribution in [3.05, 3.63) is 70.3 Å². The Morgan fingerprint density at radius 1 is 0.941 bits per heavy atom. The van der Waals surface area contributed by atoms with E-state index in [9.17, 15) is 26.3 Å². The average molecular weight is 486 g/mol. The minimum atomic E-state index is -4.46. The molecule has 9 heteroatoms. The van der Waals surface area contributed by atoms with Crippen molar-refractivity contribution >= 4 is 5.57 Å². The number of aryl methyl sites for hydroxylation is 1. The molecule has 1 saturated heterocycles. The van der Waals surface area contributed by atoms with E-state index in [2.05, 4.69) is 4.74 Å². The summed E-state index contributed by atoms with van der Waals surface area (Å²) in [5.41, 5.74) is -1.12. The van der Waals surface area contributed by atoms with E-state index < -0.39 is 40.7 Å². The van der Waals surface area contributed by atoms with Crippen molar-refractivity contribution < 1.29 is 40.6 Å². The summed E-state index contributed by atoms with van der Waals surface area (Å²) >= 11 is 0. The molecule has 184 valence electrons. The number of rotatable bonds is 5. The molecule has 1 aliphatic heterocycles. The molecule has 1 atom stereocenters. The number of benzene rings is 2. The van der Waals surface area contributed by atoms with Crippen molar-refractivity contribution in [3.8, 4) is 5.75 Å². The minimum Gasteiger partial charge on any atom is -0.429 e. The molecule has 2 aromatic rings. The Kier molecular flexibility index (Phi) is 6.96. The van der Waals surface area contributed by atoms with Crippen molar-refractivity contribution in [1.82, 2.24) is 0 Å². The third kappa shape index (κ3) is 5.10. The van der Waals surface area contributed by atoms with Crippen LogP contribution in [0.15, 0.2) is 30.3 Å². The highest BCUT2D eigenvalue weighted by molar-refractivity contribution is 5.67. The topological polar surface area (TPSA) is 27.7 Å². The van der Waals surface area contributed by atoms with Crippen LogP contribution in [0.4, 0.5) is 26.3 Å². The lowest BCUT2D eigenvalue weighted by molar-refractivity contribution is -0.222. The van der Waals surface area contributed by atoms with E-state index in [1.807, 2.05) is 13.0 Å². The summed E-state index contributed by atoms with van der Waals surface area (Å²) in [4.78, 5) is 0. The summed E-state index contributed by atoms with van der Waals surface area (Å²) in [6.45, 7) is 4.39. The summed E-state index contributed by atoms with van der Waals surface area (Å²) in [6.07, 6.45) is -1.28. The molecular weight excluding hydrogens is 462 g/mol. The van der Waals surface area contributed by atoms with Crippen molar-refractivity contribution in [2.75, 3.05) is 13.2 Å². The molecule has 2 aliphatic rings. The van der Waals surface area contributed by atoms with Gasteiger partial charge in [0.05, 0.1) is 13.2 Å². The highest BCUT2D eigenvalue weighted by Crippen LogP contribution is 2.39. The highest BCUT2D eigenvalue weighted by atomic mass is 19.3. The largest absolute Gasteiger partial charge is 0.432 e. The number of ether oxygens (including phenoxy) is 3. The lowest BCUT2D eigenvalue weighted by atomic mass is 9.85. The van der Waals surface area contributed by atoms with Crippen molar-refractivity contribution in [1.29, 1.82) is 0 Å². The van der Waals surface area contributed by atoms with Crippen LogP contribution >= 0.6 is 0 Å². The van der Waals surface area contributed by atoms with E-state index in [0.29, 0.717) is 50.0 Å². The summed E-state index contributed by atoms with van der Waals surface area (Å²) in [7, 11) is 0. The van der Waals surface area contributed by atoms with Gasteiger partial charge in [0, 0.05) is 17.9 Å². The van der Waals surface area contributed by atoms with Crippen LogP contribution in [0.25, 0.3) is 5.57 Å². The first-order valence-electron chi connectivity index (χ1n) is 11.0. The molecule has 0 N–H and O–H groups in total. The summed E-state index contributed by atoms with van der Waals surface area (Å²) in [5.74, 6) is -5.98. The van der Waals surface area contributed by atoms with Gasteiger partial charge in [-0.05, 0) is 61.1 Å². The van der Waals surface area contributed by atoms with Crippen LogP contribution in [0.5, 0.6) is 5.75 Å². The normalized spacial score (nSPS) is 23.5. The van der Waals surface area contributed by atoms with E-state index in [-0.39, 0.29) is 23.3 Å². The molecule has 0 radical (unpaired) electrons. The highest BCUT2D eigenvalue weighted by Gasteiger charge is 2.41. The van der Waals surface area contributed by atoms with E-state index in [1.165, 1.54) is 0 Å². The molecule has 1 fully saturated rings. The molecule has 2 aromatic carbocycles. The number of hydrogen-bond acceptors (Lipinski definition) is 3. The molecule has 4 rings (SSSR count). The lowest BCUT2D eigenvalue weighted by Crippen LogP contribution is -2.36. The third-order valence-electron chi connectivity index (χ3n) is 6.06. The minimum absolute atomic E-state index is 0.0995. The molecule has 1 unspecified atom stereocenters. The fraction of sp³-hybridized carbons (Fsp3) is 0.440. The zero-order valence-electron chi connectivity index (χ0n) is 18.6. The number of allylic oxidation sites excluding steroid dienone is 2. The first-order valence-corrected chi connectivity index (χ1v) is 11.0. The molecule has 0 aromatic heterocycles. The van der Waals surface area contributed by atoms with E-state index in [1.54, 1.807) is 0 Å². The van der Waals surface area contributed by atoms with Crippen LogP contribution in [0.1, 0.15) is 42.9 Å². The monoisotopic (exact) mass is 486 g/mol. The molecule has 3 nitrogen and oxygen atoms in total. The Bertz CT molecular complexity index is 1050. The van der Waals surface area contributed by atoms with Gasteiger partial charge in [0.25, 0.3) is 0 Å². The predicted molar refractivity (Wildman–Crippen MR) is 112 cm³/mol. The Morgan fingerprint density at radius 3 is 2.15 bits per heavy atom. The molecule has 0 spiro atoms. The zero-order valence-corrected chi connectivity index (χ0v) is 18.6. The fourth-order valence-electron chi connectivity index (χ4n) is 4.24. The van der Waals surface area contributed by atoms with Gasteiger partial charge < -0.3 is 14.2 Å². The maximum atomic E-state index is 14.7. The van der Waals surface area contributed by atoms with E-state index >= 15 is 0 Å². The average Bonchev–Trinajstić information content (AvgIpc) is 2.77. The van der Waals surface area contributed by atoms with Crippen molar-refractivity contribution in [3.63, 3.8) is 0 Å². The summed E-state index contributed by atoms with van der Waals surface area (Å²) < 4.78 is 101. The molecule has 1 aliphatic carbocycles. The Balaban J connectivity index is 1.52. The number of alkyl halides is 2. The van der Waals surface area contributed by atoms with Gasteiger partial charge in [0.1, 0.15) is 22.9 Å². The summed E-state index contributed by atoms with van der Waals surface area (Å²) in [6, 6.07) is 2.87. The van der Waals surface area contributed by atoms with E-state index in [0.717, 1.165) is 25.1 Å². The third-order valence-corrected chi connectivity index (χ3v) is 6.06. The van der Waals surface area contributed by atoms with Gasteiger partial charge in [0.2, 0.25) is 0 Å². The van der Waals surface area contributed by atoms with Crippen molar-refractivity contribution in [2.24, 2.45) is 11.8 Å². The van der Waals surface area contributed by atoms with E-state index in [4.69, 9.17) is 9.47 Å². The van der Waals surface area contributed by atoms with Gasteiger partial charge in [-0.1, -0.05) is 13.0 Å². The van der Waals surface area contributed by atoms with Crippen LogP contribution in [-0.2, 0) is 15.6 Å².